The van der Waals surface area contributed by atoms with Crippen LogP contribution in [-0.4, -0.2) is 155 Å². The number of imide groups is 1. The van der Waals surface area contributed by atoms with Crippen molar-refractivity contribution in [1.29, 1.82) is 0 Å². The summed E-state index contributed by atoms with van der Waals surface area (Å²) in [6.45, 7) is 9.78. The van der Waals surface area contributed by atoms with Gasteiger partial charge in [-0.1, -0.05) is 12.8 Å². The Hall–Kier alpha value is -5.81. The minimum atomic E-state index is -0.656. The summed E-state index contributed by atoms with van der Waals surface area (Å²) >= 11 is 0. The Morgan fingerprint density at radius 1 is 0.867 bits per heavy atom. The molecule has 4 aliphatic heterocycles. The minimum absolute atomic E-state index is 0.0258. The molecule has 4 aromatic rings. The fraction of sp³-hybridized carbons (Fsp3) is 0.512. The SMILES string of the molecule is COc1cc(N2CCN(CCN3CCN(c4ccc(Nc5ncc6cc(C(=O)N(C)C)n(C7CCCC7)c6n5)nc4)CC3)CC2)cc2c1C(=O)N(C1CCC(=O)NC1=O)C2. The van der Waals surface area contributed by atoms with Crippen LogP contribution in [0.25, 0.3) is 11.0 Å². The first-order valence-corrected chi connectivity index (χ1v) is 21.3. The van der Waals surface area contributed by atoms with E-state index in [-0.39, 0.29) is 30.2 Å². The molecule has 0 spiro atoms. The molecule has 7 heterocycles. The van der Waals surface area contributed by atoms with E-state index in [1.807, 2.05) is 24.4 Å². The van der Waals surface area contributed by atoms with Gasteiger partial charge in [-0.25, -0.2) is 9.97 Å². The number of methoxy groups -OCH3 is 1. The molecule has 3 aromatic heterocycles. The van der Waals surface area contributed by atoms with Crippen LogP contribution in [0.2, 0.25) is 0 Å². The Labute approximate surface area is 349 Å². The number of hydrogen-bond donors (Lipinski definition) is 2. The van der Waals surface area contributed by atoms with E-state index in [1.165, 1.54) is 0 Å². The summed E-state index contributed by atoms with van der Waals surface area (Å²) in [6.07, 6.45) is 8.64. The van der Waals surface area contributed by atoms with Gasteiger partial charge in [0.2, 0.25) is 17.8 Å². The van der Waals surface area contributed by atoms with Crippen molar-refractivity contribution in [3.63, 3.8) is 0 Å². The van der Waals surface area contributed by atoms with Crippen LogP contribution in [0.4, 0.5) is 23.1 Å². The number of nitrogens with one attached hydrogen (secondary N) is 2. The lowest BCUT2D eigenvalue weighted by atomic mass is 10.0. The van der Waals surface area contributed by atoms with Crippen LogP contribution in [0.5, 0.6) is 5.75 Å². The van der Waals surface area contributed by atoms with Gasteiger partial charge in [0.15, 0.2) is 0 Å². The Morgan fingerprint density at radius 3 is 2.20 bits per heavy atom. The van der Waals surface area contributed by atoms with Crippen molar-refractivity contribution in [2.45, 2.75) is 57.2 Å². The van der Waals surface area contributed by atoms with E-state index >= 15 is 0 Å². The summed E-state index contributed by atoms with van der Waals surface area (Å²) < 4.78 is 7.82. The summed E-state index contributed by atoms with van der Waals surface area (Å²) in [5, 5.41) is 6.52. The lowest BCUT2D eigenvalue weighted by Crippen LogP contribution is -2.52. The van der Waals surface area contributed by atoms with Gasteiger partial charge in [-0.3, -0.25) is 34.3 Å². The third-order valence-electron chi connectivity index (χ3n) is 12.9. The van der Waals surface area contributed by atoms with Crippen molar-refractivity contribution in [1.82, 2.24) is 44.4 Å². The van der Waals surface area contributed by atoms with Gasteiger partial charge in [-0.2, -0.15) is 4.98 Å². The molecule has 1 unspecified atom stereocenters. The van der Waals surface area contributed by atoms with E-state index < -0.39 is 11.9 Å². The number of fused-ring (bicyclic) bond motifs is 2. The van der Waals surface area contributed by atoms with Crippen molar-refractivity contribution in [2.75, 3.05) is 102 Å². The second-order valence-corrected chi connectivity index (χ2v) is 16.8. The summed E-state index contributed by atoms with van der Waals surface area (Å²) in [7, 11) is 5.14. The summed E-state index contributed by atoms with van der Waals surface area (Å²) in [4.78, 5) is 77.9. The predicted octanol–water partition coefficient (Wildman–Crippen LogP) is 3.10. The fourth-order valence-corrected chi connectivity index (χ4v) is 9.50. The number of piperazine rings is 2. The second kappa shape index (κ2) is 16.7. The number of amides is 4. The van der Waals surface area contributed by atoms with Crippen molar-refractivity contribution >= 4 is 57.8 Å². The molecule has 1 aromatic carbocycles. The summed E-state index contributed by atoms with van der Waals surface area (Å²) in [5.41, 5.74) is 4.91. The van der Waals surface area contributed by atoms with Gasteiger partial charge in [0.1, 0.15) is 29.0 Å². The first-order chi connectivity index (χ1) is 29.1. The Kier molecular flexibility index (Phi) is 11.0. The van der Waals surface area contributed by atoms with E-state index in [0.29, 0.717) is 41.7 Å². The quantitative estimate of drug-likeness (QED) is 0.213. The number of hydrogen-bond acceptors (Lipinski definition) is 13. The monoisotopic (exact) mass is 818 g/mol. The van der Waals surface area contributed by atoms with Gasteiger partial charge in [-0.05, 0) is 49.1 Å². The number of carbonyl (C=O) groups is 4. The van der Waals surface area contributed by atoms with Gasteiger partial charge in [-0.15, -0.1) is 0 Å². The smallest absolute Gasteiger partial charge is 0.270 e. The first-order valence-electron chi connectivity index (χ1n) is 21.3. The fourth-order valence-electron chi connectivity index (χ4n) is 9.50. The maximum Gasteiger partial charge on any atom is 0.270 e. The number of nitrogens with zero attached hydrogens (tertiary/aromatic N) is 10. The molecular formula is C43H54N12O5. The highest BCUT2D eigenvalue weighted by Crippen LogP contribution is 2.38. The zero-order chi connectivity index (χ0) is 41.5. The van der Waals surface area contributed by atoms with E-state index in [4.69, 9.17) is 14.7 Å². The van der Waals surface area contributed by atoms with Gasteiger partial charge in [0, 0.05) is 122 Å². The van der Waals surface area contributed by atoms with Crippen molar-refractivity contribution in [3.05, 3.63) is 59.5 Å². The highest BCUT2D eigenvalue weighted by molar-refractivity contribution is 6.07. The van der Waals surface area contributed by atoms with Crippen molar-refractivity contribution < 1.29 is 23.9 Å². The van der Waals surface area contributed by atoms with E-state index in [1.54, 1.807) is 37.2 Å². The van der Waals surface area contributed by atoms with E-state index in [9.17, 15) is 19.2 Å². The Morgan fingerprint density at radius 2 is 1.57 bits per heavy atom. The number of carbonyl (C=O) groups excluding carboxylic acids is 4. The molecule has 0 bridgehead atoms. The van der Waals surface area contributed by atoms with Gasteiger partial charge in [0.05, 0.1) is 24.6 Å². The Bertz CT molecular complexity index is 2270. The van der Waals surface area contributed by atoms with Gasteiger partial charge in [0.25, 0.3) is 11.8 Å². The molecule has 316 valence electrons. The lowest BCUT2D eigenvalue weighted by molar-refractivity contribution is -0.136. The zero-order valence-corrected chi connectivity index (χ0v) is 34.7. The molecule has 17 nitrogen and oxygen atoms in total. The van der Waals surface area contributed by atoms with Gasteiger partial charge < -0.3 is 34.2 Å². The standard InChI is InChI=1S/C43H54N12O5/c1-49(2)41(58)34-23-28-25-45-43(48-39(28)55(34)30-6-4-5-7-30)46-36-10-8-31(26-44-36)52-18-14-50(15-19-52)12-13-51-16-20-53(21-17-51)32-22-29-27-54(33-9-11-37(56)47-40(33)57)42(59)38(29)35(24-32)60-3/h8,10,22-26,30,33H,4-7,9,11-21,27H2,1-3H3,(H,47,56,57)(H,44,45,46,48). The average Bonchev–Trinajstić information content (AvgIpc) is 4.01. The number of rotatable bonds is 11. The number of anilines is 4. The maximum atomic E-state index is 13.4. The second-order valence-electron chi connectivity index (χ2n) is 16.8. The zero-order valence-electron chi connectivity index (χ0n) is 34.7. The number of pyridine rings is 1. The number of ether oxygens (including phenoxy) is 1. The number of benzene rings is 1. The molecule has 1 atom stereocenters. The normalized spacial score (nSPS) is 20.6. The molecule has 1 aliphatic carbocycles. The summed E-state index contributed by atoms with van der Waals surface area (Å²) in [6, 6.07) is 9.59. The number of aromatic nitrogens is 4. The third kappa shape index (κ3) is 7.83. The highest BCUT2D eigenvalue weighted by Gasteiger charge is 2.41. The summed E-state index contributed by atoms with van der Waals surface area (Å²) in [5.74, 6) is 0.691. The molecule has 4 fully saturated rings. The minimum Gasteiger partial charge on any atom is -0.496 e. The van der Waals surface area contributed by atoms with Crippen LogP contribution in [0.15, 0.2) is 42.7 Å². The van der Waals surface area contributed by atoms with E-state index in [0.717, 1.165) is 119 Å². The van der Waals surface area contributed by atoms with Crippen LogP contribution < -0.4 is 25.2 Å². The van der Waals surface area contributed by atoms with E-state index in [2.05, 4.69) is 51.9 Å². The topological polar surface area (TPSA) is 165 Å². The van der Waals surface area contributed by atoms with Crippen molar-refractivity contribution in [2.24, 2.45) is 0 Å². The van der Waals surface area contributed by atoms with Gasteiger partial charge >= 0.3 is 0 Å². The van der Waals surface area contributed by atoms with Crippen LogP contribution >= 0.6 is 0 Å². The lowest BCUT2D eigenvalue weighted by Gasteiger charge is -2.39. The molecule has 9 rings (SSSR count). The predicted molar refractivity (Wildman–Crippen MR) is 227 cm³/mol. The van der Waals surface area contributed by atoms with Crippen LogP contribution in [0.3, 0.4) is 0 Å². The molecule has 1 saturated carbocycles. The van der Waals surface area contributed by atoms with Crippen LogP contribution in [-0.2, 0) is 16.1 Å². The first kappa shape index (κ1) is 39.6. The van der Waals surface area contributed by atoms with Crippen LogP contribution in [0.1, 0.15) is 71.0 Å². The van der Waals surface area contributed by atoms with Crippen LogP contribution in [0, 0.1) is 0 Å². The molecule has 5 aliphatic rings. The largest absolute Gasteiger partial charge is 0.496 e. The maximum absolute atomic E-state index is 13.4. The Balaban J connectivity index is 0.747. The molecule has 0 radical (unpaired) electrons. The molecule has 3 saturated heterocycles. The molecule has 2 N–H and O–H groups in total. The van der Waals surface area contributed by atoms with Crippen molar-refractivity contribution in [3.8, 4) is 5.75 Å². The highest BCUT2D eigenvalue weighted by atomic mass is 16.5. The molecular weight excluding hydrogens is 765 g/mol. The third-order valence-corrected chi connectivity index (χ3v) is 12.9. The number of piperidine rings is 1. The molecule has 17 heteroatoms. The molecule has 4 amide bonds. The average molecular weight is 819 g/mol. The molecule has 60 heavy (non-hydrogen) atoms.